The lowest BCUT2D eigenvalue weighted by atomic mass is 10.0. The number of hydrogen-bond acceptors (Lipinski definition) is 6. The molecule has 0 aliphatic rings. The number of furan rings is 1. The van der Waals surface area contributed by atoms with Crippen LogP contribution in [-0.4, -0.2) is 44.9 Å². The third-order valence-electron chi connectivity index (χ3n) is 5.60. The second-order valence-electron chi connectivity index (χ2n) is 8.19. The molecule has 0 saturated carbocycles. The summed E-state index contributed by atoms with van der Waals surface area (Å²) < 4.78 is 45.8. The number of aryl methyl sites for hydroxylation is 1. The normalized spacial score (nSPS) is 11.7. The highest BCUT2D eigenvalue weighted by Crippen LogP contribution is 2.32. The van der Waals surface area contributed by atoms with Crippen LogP contribution in [0.25, 0.3) is 11.0 Å². The number of para-hydroxylation sites is 1. The Labute approximate surface area is 202 Å². The van der Waals surface area contributed by atoms with Gasteiger partial charge >= 0.3 is 0 Å². The average Bonchev–Trinajstić information content (AvgIpc) is 3.22. The first-order chi connectivity index (χ1) is 16.6. The summed E-state index contributed by atoms with van der Waals surface area (Å²) in [7, 11) is -0.884. The molecule has 0 saturated heterocycles. The second-order valence-corrected chi connectivity index (χ2v) is 10.3. The van der Waals surface area contributed by atoms with Crippen molar-refractivity contribution in [3.05, 3.63) is 95.0 Å². The van der Waals surface area contributed by atoms with Crippen molar-refractivity contribution in [1.29, 1.82) is 0 Å². The van der Waals surface area contributed by atoms with Crippen molar-refractivity contribution in [1.82, 2.24) is 4.31 Å². The van der Waals surface area contributed by atoms with E-state index in [1.807, 2.05) is 0 Å². The molecule has 1 N–H and O–H groups in total. The Balaban J connectivity index is 1.65. The number of Topliss-reactive ketones (excluding diaryl/α,β-unsaturated/α-hetero) is 1. The Hall–Kier alpha value is -3.82. The van der Waals surface area contributed by atoms with Gasteiger partial charge in [-0.2, -0.15) is 0 Å². The molecule has 7 nitrogen and oxygen atoms in total. The summed E-state index contributed by atoms with van der Waals surface area (Å²) in [6, 6.07) is 16.9. The van der Waals surface area contributed by atoms with Crippen LogP contribution in [0.5, 0.6) is 0 Å². The molecule has 0 bridgehead atoms. The van der Waals surface area contributed by atoms with Crippen molar-refractivity contribution in [2.24, 2.45) is 0 Å². The Bertz CT molecular complexity index is 1560. The Morgan fingerprint density at radius 1 is 0.971 bits per heavy atom. The van der Waals surface area contributed by atoms with Crippen LogP contribution in [0.4, 0.5) is 10.1 Å². The molecule has 0 atom stereocenters. The van der Waals surface area contributed by atoms with E-state index < -0.39 is 21.6 Å². The molecule has 0 radical (unpaired) electrons. The van der Waals surface area contributed by atoms with E-state index in [-0.39, 0.29) is 34.1 Å². The van der Waals surface area contributed by atoms with E-state index in [4.69, 9.17) is 4.42 Å². The number of carbonyl (C=O) groups is 2. The van der Waals surface area contributed by atoms with Gasteiger partial charge in [0.2, 0.25) is 15.8 Å². The van der Waals surface area contributed by atoms with Crippen molar-refractivity contribution in [2.75, 3.05) is 26.0 Å². The van der Waals surface area contributed by atoms with E-state index in [1.165, 1.54) is 50.5 Å². The maximum atomic E-state index is 14.1. The highest BCUT2D eigenvalue weighted by atomic mass is 32.2. The van der Waals surface area contributed by atoms with E-state index in [0.717, 1.165) is 10.4 Å². The molecule has 35 heavy (non-hydrogen) atoms. The second kappa shape index (κ2) is 9.44. The van der Waals surface area contributed by atoms with Gasteiger partial charge in [0.1, 0.15) is 11.4 Å². The standard InChI is InChI=1S/C26H23FN2O5S/c1-16-11-12-18(14-21(16)27)25(31)26-24(20-9-4-5-10-23(20)34-26)28-15-22(30)17-7-6-8-19(13-17)35(32,33)29(2)3/h4-14,28H,15H2,1-3H3. The Morgan fingerprint density at radius 3 is 2.43 bits per heavy atom. The molecule has 180 valence electrons. The number of fused-ring (bicyclic) bond motifs is 1. The topological polar surface area (TPSA) is 96.7 Å². The van der Waals surface area contributed by atoms with Gasteiger partial charge in [0.05, 0.1) is 17.1 Å². The summed E-state index contributed by atoms with van der Waals surface area (Å²) in [4.78, 5) is 26.1. The van der Waals surface area contributed by atoms with Gasteiger partial charge in [0, 0.05) is 30.6 Å². The third kappa shape index (κ3) is 4.73. The monoisotopic (exact) mass is 494 g/mol. The number of anilines is 1. The zero-order valence-electron chi connectivity index (χ0n) is 19.3. The molecule has 3 aromatic carbocycles. The molecule has 0 spiro atoms. The van der Waals surface area contributed by atoms with Gasteiger partial charge in [0.15, 0.2) is 11.5 Å². The van der Waals surface area contributed by atoms with Crippen molar-refractivity contribution in [2.45, 2.75) is 11.8 Å². The first-order valence-corrected chi connectivity index (χ1v) is 12.2. The van der Waals surface area contributed by atoms with E-state index >= 15 is 0 Å². The molecule has 0 aliphatic heterocycles. The van der Waals surface area contributed by atoms with Crippen LogP contribution in [0.3, 0.4) is 0 Å². The first kappa shape index (κ1) is 24.3. The first-order valence-electron chi connectivity index (χ1n) is 10.7. The van der Waals surface area contributed by atoms with E-state index in [1.54, 1.807) is 31.2 Å². The maximum absolute atomic E-state index is 14.1. The smallest absolute Gasteiger partial charge is 0.242 e. The minimum Gasteiger partial charge on any atom is -0.450 e. The molecule has 0 fully saturated rings. The number of sulfonamides is 1. The highest BCUT2D eigenvalue weighted by molar-refractivity contribution is 7.89. The van der Waals surface area contributed by atoms with Gasteiger partial charge in [0.25, 0.3) is 0 Å². The number of carbonyl (C=O) groups excluding carboxylic acids is 2. The zero-order valence-corrected chi connectivity index (χ0v) is 20.1. The van der Waals surface area contributed by atoms with E-state index in [0.29, 0.717) is 22.2 Å². The van der Waals surface area contributed by atoms with E-state index in [2.05, 4.69) is 5.32 Å². The number of nitrogens with zero attached hydrogens (tertiary/aromatic N) is 1. The fourth-order valence-electron chi connectivity index (χ4n) is 3.56. The highest BCUT2D eigenvalue weighted by Gasteiger charge is 2.24. The maximum Gasteiger partial charge on any atom is 0.242 e. The van der Waals surface area contributed by atoms with Crippen molar-refractivity contribution < 1.29 is 26.8 Å². The van der Waals surface area contributed by atoms with Crippen LogP contribution >= 0.6 is 0 Å². The van der Waals surface area contributed by atoms with Gasteiger partial charge < -0.3 is 9.73 Å². The number of nitrogens with one attached hydrogen (secondary N) is 1. The summed E-state index contributed by atoms with van der Waals surface area (Å²) in [5.74, 6) is -1.48. The minimum atomic E-state index is -3.70. The summed E-state index contributed by atoms with van der Waals surface area (Å²) in [5.41, 5.74) is 1.45. The molecule has 0 aliphatic carbocycles. The largest absolute Gasteiger partial charge is 0.450 e. The van der Waals surface area contributed by atoms with Crippen LogP contribution < -0.4 is 5.32 Å². The van der Waals surface area contributed by atoms with Gasteiger partial charge in [-0.25, -0.2) is 17.1 Å². The van der Waals surface area contributed by atoms with Crippen LogP contribution in [0.1, 0.15) is 32.0 Å². The predicted molar refractivity (Wildman–Crippen MR) is 131 cm³/mol. The van der Waals surface area contributed by atoms with Crippen molar-refractivity contribution >= 4 is 38.2 Å². The van der Waals surface area contributed by atoms with Crippen LogP contribution in [0, 0.1) is 12.7 Å². The number of ketones is 2. The van der Waals surface area contributed by atoms with Crippen LogP contribution in [0.15, 0.2) is 76.0 Å². The SMILES string of the molecule is Cc1ccc(C(=O)c2oc3ccccc3c2NCC(=O)c2cccc(S(=O)(=O)N(C)C)c2)cc1F. The number of benzene rings is 3. The van der Waals surface area contributed by atoms with Gasteiger partial charge in [-0.05, 0) is 42.8 Å². The van der Waals surface area contributed by atoms with Crippen molar-refractivity contribution in [3.63, 3.8) is 0 Å². The average molecular weight is 495 g/mol. The third-order valence-corrected chi connectivity index (χ3v) is 7.41. The summed E-state index contributed by atoms with van der Waals surface area (Å²) in [5, 5.41) is 3.56. The molecule has 4 rings (SSSR count). The van der Waals surface area contributed by atoms with Gasteiger partial charge in [-0.1, -0.05) is 36.4 Å². The summed E-state index contributed by atoms with van der Waals surface area (Å²) >= 11 is 0. The molecule has 9 heteroatoms. The minimum absolute atomic E-state index is 0.000578. The summed E-state index contributed by atoms with van der Waals surface area (Å²) in [6.07, 6.45) is 0. The molecular formula is C26H23FN2O5S. The molecule has 0 amide bonds. The lowest BCUT2D eigenvalue weighted by molar-refractivity contribution is 0.0997. The lowest BCUT2D eigenvalue weighted by Gasteiger charge is -2.12. The van der Waals surface area contributed by atoms with Crippen LogP contribution in [0.2, 0.25) is 0 Å². The molecule has 1 aromatic heterocycles. The molecule has 1 heterocycles. The molecule has 4 aromatic rings. The summed E-state index contributed by atoms with van der Waals surface area (Å²) in [6.45, 7) is 1.37. The Morgan fingerprint density at radius 2 is 1.71 bits per heavy atom. The molecular weight excluding hydrogens is 471 g/mol. The van der Waals surface area contributed by atoms with Crippen LogP contribution in [-0.2, 0) is 10.0 Å². The van der Waals surface area contributed by atoms with Gasteiger partial charge in [-0.15, -0.1) is 0 Å². The fourth-order valence-corrected chi connectivity index (χ4v) is 4.51. The van der Waals surface area contributed by atoms with Gasteiger partial charge in [-0.3, -0.25) is 9.59 Å². The lowest BCUT2D eigenvalue weighted by Crippen LogP contribution is -2.23. The number of hydrogen-bond donors (Lipinski definition) is 1. The number of rotatable bonds is 8. The predicted octanol–water partition coefficient (Wildman–Crippen LogP) is 4.66. The molecule has 0 unspecified atom stereocenters. The Kier molecular flexibility index (Phi) is 6.56. The quantitative estimate of drug-likeness (QED) is 0.358. The number of halogens is 1. The van der Waals surface area contributed by atoms with Crippen molar-refractivity contribution in [3.8, 4) is 0 Å². The van der Waals surface area contributed by atoms with E-state index in [9.17, 15) is 22.4 Å². The fraction of sp³-hybridized carbons (Fsp3) is 0.154. The zero-order chi connectivity index (χ0) is 25.3.